The van der Waals surface area contributed by atoms with Crippen LogP contribution in [0, 0.1) is 0 Å². The zero-order valence-corrected chi connectivity index (χ0v) is 16.8. The van der Waals surface area contributed by atoms with Crippen LogP contribution >= 0.6 is 12.2 Å². The Labute approximate surface area is 176 Å². The summed E-state index contributed by atoms with van der Waals surface area (Å²) in [5.41, 5.74) is 2.53. The van der Waals surface area contributed by atoms with Crippen molar-refractivity contribution in [3.05, 3.63) is 114 Å². The van der Waals surface area contributed by atoms with Gasteiger partial charge in [-0.15, -0.1) is 0 Å². The molecule has 0 fully saturated rings. The minimum absolute atomic E-state index is 0.195. The lowest BCUT2D eigenvalue weighted by Gasteiger charge is -2.32. The van der Waals surface area contributed by atoms with Crippen molar-refractivity contribution >= 4 is 34.9 Å². The Morgan fingerprint density at radius 3 is 2.07 bits per heavy atom. The Morgan fingerprint density at radius 2 is 1.45 bits per heavy atom. The smallest absolute Gasteiger partial charge is 0.253 e. The Morgan fingerprint density at radius 1 is 0.897 bits per heavy atom. The van der Waals surface area contributed by atoms with Gasteiger partial charge >= 0.3 is 0 Å². The van der Waals surface area contributed by atoms with Crippen LogP contribution in [0.1, 0.15) is 23.6 Å². The average molecular weight is 397 g/mol. The van der Waals surface area contributed by atoms with Crippen LogP contribution in [0.2, 0.25) is 0 Å². The summed E-state index contributed by atoms with van der Waals surface area (Å²) in [6.07, 6.45) is 3.36. The summed E-state index contributed by atoms with van der Waals surface area (Å²) in [6, 6.07) is 29.3. The van der Waals surface area contributed by atoms with Gasteiger partial charge in [-0.1, -0.05) is 103 Å². The van der Waals surface area contributed by atoms with Crippen molar-refractivity contribution in [3.8, 4) is 0 Å². The van der Waals surface area contributed by atoms with Gasteiger partial charge in [-0.2, -0.15) is 0 Å². The summed E-state index contributed by atoms with van der Waals surface area (Å²) >= 11 is 5.74. The van der Waals surface area contributed by atoms with Crippen LogP contribution in [0.3, 0.4) is 0 Å². The van der Waals surface area contributed by atoms with E-state index in [1.54, 1.807) is 17.1 Å². The summed E-state index contributed by atoms with van der Waals surface area (Å²) in [5.74, 6) is -0.195. The zero-order valence-electron chi connectivity index (χ0n) is 16.0. The van der Waals surface area contributed by atoms with E-state index in [0.717, 1.165) is 16.7 Å². The second-order valence-corrected chi connectivity index (χ2v) is 7.32. The molecule has 0 radical (unpaired) electrons. The van der Waals surface area contributed by atoms with Gasteiger partial charge < -0.3 is 0 Å². The molecule has 1 atom stereocenters. The van der Waals surface area contributed by atoms with Crippen molar-refractivity contribution in [1.82, 2.24) is 4.90 Å². The monoisotopic (exact) mass is 396 g/mol. The molecule has 0 aliphatic carbocycles. The molecule has 4 heteroatoms. The van der Waals surface area contributed by atoms with Gasteiger partial charge in [-0.25, -0.2) is 4.99 Å². The second kappa shape index (κ2) is 7.94. The van der Waals surface area contributed by atoms with E-state index in [1.165, 1.54) is 0 Å². The highest BCUT2D eigenvalue weighted by Crippen LogP contribution is 2.37. The first-order chi connectivity index (χ1) is 14.1. The van der Waals surface area contributed by atoms with Gasteiger partial charge in [0.15, 0.2) is 5.66 Å². The molecule has 3 nitrogen and oxygen atoms in total. The molecule has 0 N–H and O–H groups in total. The first kappa shape index (κ1) is 19.0. The van der Waals surface area contributed by atoms with Gasteiger partial charge in [-0.05, 0) is 24.1 Å². The van der Waals surface area contributed by atoms with Crippen molar-refractivity contribution in [1.29, 1.82) is 0 Å². The third kappa shape index (κ3) is 3.67. The minimum Gasteiger partial charge on any atom is -0.269 e. The van der Waals surface area contributed by atoms with Crippen molar-refractivity contribution in [2.75, 3.05) is 0 Å². The second-order valence-electron chi connectivity index (χ2n) is 6.94. The van der Waals surface area contributed by atoms with Gasteiger partial charge in [0.1, 0.15) is 10.7 Å². The van der Waals surface area contributed by atoms with Gasteiger partial charge in [0.05, 0.1) is 0 Å². The lowest BCUT2D eigenvalue weighted by Crippen LogP contribution is -2.45. The van der Waals surface area contributed by atoms with Crippen LogP contribution in [0.15, 0.2) is 102 Å². The molecule has 1 aliphatic rings. The molecule has 0 aromatic heterocycles. The van der Waals surface area contributed by atoms with E-state index in [1.807, 2.05) is 97.9 Å². The fourth-order valence-corrected chi connectivity index (χ4v) is 3.90. The van der Waals surface area contributed by atoms with Gasteiger partial charge in [0.2, 0.25) is 0 Å². The SMILES string of the molecule is CC1(c2ccccc2)N=C(c2ccccc2)C(=S)N1C(=O)/C=C/c1ccccc1. The number of benzene rings is 3. The molecule has 0 bridgehead atoms. The highest BCUT2D eigenvalue weighted by Gasteiger charge is 2.45. The van der Waals surface area contributed by atoms with Crippen molar-refractivity contribution in [2.24, 2.45) is 4.99 Å². The Hall–Kier alpha value is -3.37. The molecular weight excluding hydrogens is 376 g/mol. The van der Waals surface area contributed by atoms with Crippen molar-refractivity contribution < 1.29 is 4.79 Å². The maximum absolute atomic E-state index is 13.3. The molecular formula is C25H20N2OS. The standard InChI is InChI=1S/C25H20N2OS/c1-25(21-15-9-4-10-16-21)26-23(20-13-7-3-8-14-20)24(29)27(25)22(28)18-17-19-11-5-2-6-12-19/h2-18H,1H3/b18-17+. The van der Waals surface area contributed by atoms with Crippen molar-refractivity contribution in [3.63, 3.8) is 0 Å². The molecule has 0 saturated heterocycles. The normalized spacial score (nSPS) is 18.9. The van der Waals surface area contributed by atoms with E-state index in [2.05, 4.69) is 0 Å². The summed E-state index contributed by atoms with van der Waals surface area (Å²) < 4.78 is 0. The molecule has 1 heterocycles. The Balaban J connectivity index is 1.76. The topological polar surface area (TPSA) is 32.7 Å². The quantitative estimate of drug-likeness (QED) is 0.447. The predicted molar refractivity (Wildman–Crippen MR) is 122 cm³/mol. The number of rotatable bonds is 4. The van der Waals surface area contributed by atoms with E-state index in [4.69, 9.17) is 17.2 Å². The first-order valence-electron chi connectivity index (χ1n) is 9.42. The Bertz CT molecular complexity index is 1090. The fraction of sp³-hybridized carbons (Fsp3) is 0.0800. The predicted octanol–water partition coefficient (Wildman–Crippen LogP) is 5.23. The summed E-state index contributed by atoms with van der Waals surface area (Å²) in [4.78, 5) is 20.3. The highest BCUT2D eigenvalue weighted by molar-refractivity contribution is 7.82. The molecule has 29 heavy (non-hydrogen) atoms. The van der Waals surface area contributed by atoms with E-state index in [0.29, 0.717) is 10.7 Å². The molecule has 4 rings (SSSR count). The van der Waals surface area contributed by atoms with Gasteiger partial charge in [0, 0.05) is 11.6 Å². The molecule has 1 unspecified atom stereocenters. The van der Waals surface area contributed by atoms with Crippen LogP contribution in [-0.2, 0) is 10.5 Å². The molecule has 1 amide bonds. The molecule has 142 valence electrons. The number of amides is 1. The van der Waals surface area contributed by atoms with Crippen molar-refractivity contribution in [2.45, 2.75) is 12.6 Å². The third-order valence-corrected chi connectivity index (χ3v) is 5.35. The maximum atomic E-state index is 13.3. The van der Waals surface area contributed by atoms with E-state index < -0.39 is 5.66 Å². The fourth-order valence-electron chi connectivity index (χ4n) is 3.47. The van der Waals surface area contributed by atoms with Gasteiger partial charge in [-0.3, -0.25) is 9.69 Å². The van der Waals surface area contributed by atoms with E-state index in [-0.39, 0.29) is 5.91 Å². The average Bonchev–Trinajstić information content (AvgIpc) is 3.06. The number of carbonyl (C=O) groups is 1. The molecule has 3 aromatic carbocycles. The zero-order chi connectivity index (χ0) is 20.3. The Kier molecular flexibility index (Phi) is 5.19. The molecule has 1 aliphatic heterocycles. The number of thiocarbonyl (C=S) groups is 1. The largest absolute Gasteiger partial charge is 0.269 e. The number of nitrogens with zero attached hydrogens (tertiary/aromatic N) is 2. The van der Waals surface area contributed by atoms with E-state index >= 15 is 0 Å². The van der Waals surface area contributed by atoms with Crippen LogP contribution in [-0.4, -0.2) is 21.5 Å². The minimum atomic E-state index is -0.901. The third-order valence-electron chi connectivity index (χ3n) is 4.98. The number of carbonyl (C=O) groups excluding carboxylic acids is 1. The first-order valence-corrected chi connectivity index (χ1v) is 9.83. The van der Waals surface area contributed by atoms with Crippen LogP contribution in [0.4, 0.5) is 0 Å². The maximum Gasteiger partial charge on any atom is 0.253 e. The van der Waals surface area contributed by atoms with Gasteiger partial charge in [0.25, 0.3) is 5.91 Å². The molecule has 3 aromatic rings. The molecule has 0 spiro atoms. The van der Waals surface area contributed by atoms with Crippen LogP contribution in [0.5, 0.6) is 0 Å². The summed E-state index contributed by atoms with van der Waals surface area (Å²) in [7, 11) is 0. The van der Waals surface area contributed by atoms with Crippen LogP contribution in [0.25, 0.3) is 6.08 Å². The summed E-state index contributed by atoms with van der Waals surface area (Å²) in [5, 5.41) is 0. The number of hydrogen-bond donors (Lipinski definition) is 0. The highest BCUT2D eigenvalue weighted by atomic mass is 32.1. The lowest BCUT2D eigenvalue weighted by molar-refractivity contribution is -0.125. The molecule has 0 saturated carbocycles. The number of hydrogen-bond acceptors (Lipinski definition) is 3. The van der Waals surface area contributed by atoms with Crippen LogP contribution < -0.4 is 0 Å². The summed E-state index contributed by atoms with van der Waals surface area (Å²) in [6.45, 7) is 1.93. The number of aliphatic imine (C=N–C) groups is 1. The lowest BCUT2D eigenvalue weighted by atomic mass is 10.0. The van der Waals surface area contributed by atoms with E-state index in [9.17, 15) is 4.79 Å².